The molecule has 88 heavy (non-hydrogen) atoms. The number of urea groups is 1. The van der Waals surface area contributed by atoms with Crippen LogP contribution < -0.4 is 42.0 Å². The monoisotopic (exact) mass is 1380 g/mol. The first-order valence-electron chi connectivity index (χ1n) is 28.9. The SMILES string of the molecule is COc1cc2cc(c1Cl)N(C)C(=O)C[C@H](OC(=O)[C@H](C)N(C)C(=O)c1ccc(NC(=O)[C@H](CCCNC(N)=O)NC(=O)[C@@H](NC(=O)CCCCCOC(=O)C(CBr)CBr)C(C)C)c(O)c1)[C@]1(C)O[C@H]1[C@H](C)[C@@H]1C[C@@](O)(NC(=O)O1)[C@H](OC)/C=C/C=C(\C)C2. The molecule has 0 saturated carbocycles. The number of rotatable bonds is 25. The molecule has 2 aromatic rings. The van der Waals surface area contributed by atoms with Crippen LogP contribution in [0.4, 0.5) is 21.0 Å². The van der Waals surface area contributed by atoms with Crippen molar-refractivity contribution >= 4 is 108 Å². The third-order valence-electron chi connectivity index (χ3n) is 15.8. The second-order valence-corrected chi connectivity index (χ2v) is 24.5. The number of unbranched alkanes of at least 4 members (excludes halogenated alkanes) is 2. The number of carbonyl (C=O) groups excluding carboxylic acids is 9. The quantitative estimate of drug-likeness (QED) is 0.0140. The smallest absolute Gasteiger partial charge is 0.409 e. The van der Waals surface area contributed by atoms with Gasteiger partial charge in [0.15, 0.2) is 5.72 Å². The molecule has 28 heteroatoms. The van der Waals surface area contributed by atoms with Crippen molar-refractivity contribution in [3.8, 4) is 11.5 Å². The van der Waals surface area contributed by atoms with Crippen molar-refractivity contribution in [2.24, 2.45) is 23.5 Å². The number of alkyl carbamates (subject to hydrolysis) is 1. The molecule has 0 aromatic heterocycles. The third-order valence-corrected chi connectivity index (χ3v) is 17.8. The number of nitrogens with one attached hydrogen (secondary N) is 5. The Balaban J connectivity index is 1.32. The predicted octanol–water partition coefficient (Wildman–Crippen LogP) is 6.06. The first-order valence-corrected chi connectivity index (χ1v) is 31.6. The summed E-state index contributed by atoms with van der Waals surface area (Å²) in [5, 5.41) is 37.2. The number of halogens is 3. The van der Waals surface area contributed by atoms with Gasteiger partial charge in [-0.3, -0.25) is 34.1 Å². The molecule has 3 aliphatic heterocycles. The number of ether oxygens (including phenoxy) is 6. The van der Waals surface area contributed by atoms with Gasteiger partial charge in [-0.05, 0) is 101 Å². The van der Waals surface area contributed by atoms with E-state index in [-0.39, 0.29) is 67.0 Å². The average molecular weight is 1380 g/mol. The fourth-order valence-corrected chi connectivity index (χ4v) is 12.1. The van der Waals surface area contributed by atoms with Crippen molar-refractivity contribution < 1.29 is 81.8 Å². The van der Waals surface area contributed by atoms with Gasteiger partial charge >= 0.3 is 24.1 Å². The van der Waals surface area contributed by atoms with E-state index in [4.69, 9.17) is 45.8 Å². The fraction of sp³-hybridized carbons (Fsp3) is 0.583. The highest BCUT2D eigenvalue weighted by atomic mass is 79.9. The van der Waals surface area contributed by atoms with Gasteiger partial charge in [-0.2, -0.15) is 0 Å². The van der Waals surface area contributed by atoms with E-state index in [1.54, 1.807) is 52.0 Å². The summed E-state index contributed by atoms with van der Waals surface area (Å²) in [6, 6.07) is 2.60. The standard InChI is InChI=1S/C60H83Br2ClN8O17/c1-32(2)50(68-47(73)19-12-11-13-23-85-56(79)38(30-61)31-62)53(76)67-40(17-15-22-65-57(64)80)52(75)66-39-21-20-37(27-42(39)72)54(77)70(7)35(5)55(78)87-46-28-48(74)71(8)41-25-36(26-43(83-9)49(41)63)24-33(3)16-14-18-45(84-10)60(82)29-44(86-58(81)69-60)34(4)51-59(46,6)88-51/h14,16,18,20-21,25-27,32,34-35,38,40,44-46,50-51,72,82H,11-13,15,17,19,22-24,28-31H2,1-10H3,(H,66,75)(H,67,76)(H,68,73)(H,69,81)(H3,64,65,80)/b18-14+,33-16+/t34-,35+,40+,44+,45-,46+,50+,51+,59+,60+/m1/s1. The number of likely N-dealkylation sites (N-methyl/N-ethyl adjacent to an activating group) is 1. The number of nitrogens with zero attached hydrogens (tertiary/aromatic N) is 2. The average Bonchev–Trinajstić information content (AvgIpc) is 1.68. The summed E-state index contributed by atoms with van der Waals surface area (Å²) in [5.41, 5.74) is 3.52. The molecule has 3 aliphatic rings. The lowest BCUT2D eigenvalue weighted by atomic mass is 9.83. The zero-order valence-corrected chi connectivity index (χ0v) is 55.1. The van der Waals surface area contributed by atoms with Crippen molar-refractivity contribution in [3.63, 3.8) is 0 Å². The van der Waals surface area contributed by atoms with Crippen LogP contribution in [0.1, 0.15) is 109 Å². The van der Waals surface area contributed by atoms with Crippen LogP contribution >= 0.6 is 43.5 Å². The number of allylic oxidation sites excluding steroid dienone is 3. The maximum absolute atomic E-state index is 14.5. The van der Waals surface area contributed by atoms with Crippen molar-refractivity contribution in [2.75, 3.05) is 62.3 Å². The topological polar surface area (TPSA) is 345 Å². The minimum absolute atomic E-state index is 0.0273. The van der Waals surface area contributed by atoms with Crippen molar-refractivity contribution in [1.82, 2.24) is 26.2 Å². The van der Waals surface area contributed by atoms with E-state index in [2.05, 4.69) is 58.4 Å². The van der Waals surface area contributed by atoms with Crippen molar-refractivity contribution in [2.45, 2.75) is 153 Å². The number of fused-ring (bicyclic) bond motifs is 5. The summed E-state index contributed by atoms with van der Waals surface area (Å²) in [4.78, 5) is 123. The van der Waals surface area contributed by atoms with Gasteiger partial charge in [-0.15, -0.1) is 0 Å². The number of phenolic OH excluding ortho intramolecular Hbond substituents is 1. The number of hydrogen-bond donors (Lipinski definition) is 8. The Hall–Kier alpha value is -6.52. The summed E-state index contributed by atoms with van der Waals surface area (Å²) >= 11 is 13.4. The number of primary amides is 1. The molecule has 0 spiro atoms. The van der Waals surface area contributed by atoms with E-state index >= 15 is 0 Å². The molecule has 0 unspecified atom stereocenters. The number of esters is 2. The zero-order chi connectivity index (χ0) is 65.4. The number of epoxide rings is 1. The van der Waals surface area contributed by atoms with Crippen LogP contribution in [0, 0.1) is 17.8 Å². The Kier molecular flexibility index (Phi) is 26.9. The molecule has 0 radical (unpaired) electrons. The molecule has 4 bridgehead atoms. The Bertz CT molecular complexity index is 2930. The lowest BCUT2D eigenvalue weighted by Gasteiger charge is -2.42. The van der Waals surface area contributed by atoms with Crippen LogP contribution in [0.3, 0.4) is 0 Å². The second-order valence-electron chi connectivity index (χ2n) is 22.8. The number of amides is 8. The highest BCUT2D eigenvalue weighted by Gasteiger charge is 2.64. The van der Waals surface area contributed by atoms with Gasteiger partial charge in [-0.25, -0.2) is 14.4 Å². The summed E-state index contributed by atoms with van der Waals surface area (Å²) in [5.74, 6) is -6.15. The predicted molar refractivity (Wildman–Crippen MR) is 333 cm³/mol. The maximum Gasteiger partial charge on any atom is 0.409 e. The Morgan fingerprint density at radius 3 is 2.33 bits per heavy atom. The molecule has 0 aliphatic carbocycles. The number of alkyl halides is 2. The first-order chi connectivity index (χ1) is 41.5. The van der Waals surface area contributed by atoms with Crippen LogP contribution in [-0.2, 0) is 58.9 Å². The number of carbonyl (C=O) groups is 9. The largest absolute Gasteiger partial charge is 0.506 e. The Labute approximate surface area is 534 Å². The number of anilines is 2. The van der Waals surface area contributed by atoms with E-state index in [1.165, 1.54) is 52.3 Å². The zero-order valence-electron chi connectivity index (χ0n) is 51.2. The van der Waals surface area contributed by atoms with E-state index in [0.717, 1.165) is 22.1 Å². The van der Waals surface area contributed by atoms with Crippen LogP contribution in [0.15, 0.2) is 54.1 Å². The highest BCUT2D eigenvalue weighted by Crippen LogP contribution is 2.49. The second kappa shape index (κ2) is 32.8. The van der Waals surface area contributed by atoms with Gasteiger partial charge in [0.2, 0.25) is 23.6 Å². The normalized spacial score (nSPS) is 23.9. The molecule has 2 aromatic carbocycles. The number of hydrogen-bond acceptors (Lipinski definition) is 17. The third kappa shape index (κ3) is 19.2. The number of aromatic hydroxyl groups is 1. The van der Waals surface area contributed by atoms with Gasteiger partial charge in [0.25, 0.3) is 5.91 Å². The molecule has 2 fully saturated rings. The highest BCUT2D eigenvalue weighted by molar-refractivity contribution is 9.09. The summed E-state index contributed by atoms with van der Waals surface area (Å²) in [6.45, 7) is 10.3. The van der Waals surface area contributed by atoms with Crippen LogP contribution in [-0.4, -0.2) is 175 Å². The number of phenols is 1. The molecular formula is C60H83Br2ClN8O17. The van der Waals surface area contributed by atoms with Crippen molar-refractivity contribution in [3.05, 3.63) is 70.3 Å². The molecule has 25 nitrogen and oxygen atoms in total. The van der Waals surface area contributed by atoms with Crippen molar-refractivity contribution in [1.29, 1.82) is 0 Å². The molecule has 9 N–H and O–H groups in total. The lowest BCUT2D eigenvalue weighted by Crippen LogP contribution is -2.63. The van der Waals surface area contributed by atoms with Crippen LogP contribution in [0.5, 0.6) is 11.5 Å². The molecule has 8 amide bonds. The number of methoxy groups -OCH3 is 2. The molecular weight excluding hydrogens is 1300 g/mol. The van der Waals surface area contributed by atoms with E-state index in [9.17, 15) is 53.4 Å². The van der Waals surface area contributed by atoms with E-state index in [1.807, 2.05) is 13.0 Å². The molecule has 5 rings (SSSR count). The maximum atomic E-state index is 14.5. The fourth-order valence-electron chi connectivity index (χ4n) is 10.2. The van der Waals surface area contributed by atoms with Gasteiger partial charge in [0.05, 0.1) is 43.5 Å². The first kappa shape index (κ1) is 72.2. The molecule has 3 heterocycles. The van der Waals surface area contributed by atoms with E-state index in [0.29, 0.717) is 47.8 Å². The Morgan fingerprint density at radius 2 is 1.69 bits per heavy atom. The minimum Gasteiger partial charge on any atom is -0.506 e. The summed E-state index contributed by atoms with van der Waals surface area (Å²) < 4.78 is 34.8. The number of aliphatic hydroxyl groups is 1. The van der Waals surface area contributed by atoms with Crippen LogP contribution in [0.2, 0.25) is 5.02 Å². The van der Waals surface area contributed by atoms with Gasteiger partial charge in [0, 0.05) is 62.7 Å². The summed E-state index contributed by atoms with van der Waals surface area (Å²) in [6.07, 6.45) is 1.62. The molecule has 486 valence electrons. The van der Waals surface area contributed by atoms with E-state index < -0.39 is 126 Å². The minimum atomic E-state index is -1.93. The number of nitrogens with two attached hydrogens (primary N) is 1. The van der Waals surface area contributed by atoms with Gasteiger partial charge < -0.3 is 75.4 Å². The van der Waals surface area contributed by atoms with Gasteiger partial charge in [0.1, 0.15) is 58.6 Å². The Morgan fingerprint density at radius 1 is 0.989 bits per heavy atom. The lowest BCUT2D eigenvalue weighted by molar-refractivity contribution is -0.158. The molecule has 2 saturated heterocycles. The molecule has 10 atom stereocenters. The number of benzene rings is 2. The van der Waals surface area contributed by atoms with Crippen LogP contribution in [0.25, 0.3) is 0 Å². The van der Waals surface area contributed by atoms with Gasteiger partial charge in [-0.1, -0.05) is 88.0 Å². The summed E-state index contributed by atoms with van der Waals surface area (Å²) in [7, 11) is 5.66.